The summed E-state index contributed by atoms with van der Waals surface area (Å²) in [6.45, 7) is 2.35. The second-order valence-electron chi connectivity index (χ2n) is 5.27. The molecular formula is C14H21N3. The standard InChI is InChI=1S/C14H21N3/c1-15-10-11-7-9-17(12-5-6-12)14(11)13-4-2-3-8-16-13/h2-4,8,11-12,14-15H,5-7,9-10H2,1H3. The van der Waals surface area contributed by atoms with Crippen LogP contribution in [0.1, 0.15) is 31.0 Å². The second-order valence-corrected chi connectivity index (χ2v) is 5.27. The highest BCUT2D eigenvalue weighted by atomic mass is 15.2. The molecule has 3 heteroatoms. The van der Waals surface area contributed by atoms with E-state index in [1.54, 1.807) is 0 Å². The smallest absolute Gasteiger partial charge is 0.0578 e. The number of nitrogens with zero attached hydrogens (tertiary/aromatic N) is 2. The van der Waals surface area contributed by atoms with E-state index in [0.29, 0.717) is 6.04 Å². The maximum Gasteiger partial charge on any atom is 0.0578 e. The molecule has 0 bridgehead atoms. The third kappa shape index (κ3) is 2.22. The van der Waals surface area contributed by atoms with E-state index < -0.39 is 0 Å². The molecule has 1 saturated carbocycles. The third-order valence-corrected chi connectivity index (χ3v) is 4.03. The number of rotatable bonds is 4. The maximum absolute atomic E-state index is 4.58. The molecule has 0 amide bonds. The zero-order chi connectivity index (χ0) is 11.7. The van der Waals surface area contributed by atoms with Gasteiger partial charge in [-0.1, -0.05) is 6.07 Å². The van der Waals surface area contributed by atoms with Gasteiger partial charge in [0.25, 0.3) is 0 Å². The molecule has 2 aliphatic rings. The highest BCUT2D eigenvalue weighted by Gasteiger charge is 2.42. The maximum atomic E-state index is 4.58. The fraction of sp³-hybridized carbons (Fsp3) is 0.643. The van der Waals surface area contributed by atoms with Crippen molar-refractivity contribution < 1.29 is 0 Å². The number of aromatic nitrogens is 1. The van der Waals surface area contributed by atoms with Gasteiger partial charge in [-0.25, -0.2) is 0 Å². The lowest BCUT2D eigenvalue weighted by Crippen LogP contribution is -2.31. The van der Waals surface area contributed by atoms with Gasteiger partial charge in [-0.2, -0.15) is 0 Å². The minimum Gasteiger partial charge on any atom is -0.319 e. The number of pyridine rings is 1. The van der Waals surface area contributed by atoms with Gasteiger partial charge in [0.05, 0.1) is 11.7 Å². The Morgan fingerprint density at radius 2 is 2.24 bits per heavy atom. The first-order valence-electron chi connectivity index (χ1n) is 6.71. The lowest BCUT2D eigenvalue weighted by Gasteiger charge is -2.27. The summed E-state index contributed by atoms with van der Waals surface area (Å²) in [5.41, 5.74) is 1.26. The minimum absolute atomic E-state index is 0.538. The summed E-state index contributed by atoms with van der Waals surface area (Å²) in [7, 11) is 2.05. The minimum atomic E-state index is 0.538. The molecule has 1 aromatic heterocycles. The highest BCUT2D eigenvalue weighted by Crippen LogP contribution is 2.43. The van der Waals surface area contributed by atoms with Gasteiger partial charge in [-0.3, -0.25) is 9.88 Å². The van der Waals surface area contributed by atoms with E-state index in [0.717, 1.165) is 18.5 Å². The molecule has 0 spiro atoms. The fourth-order valence-corrected chi connectivity index (χ4v) is 3.14. The topological polar surface area (TPSA) is 28.2 Å². The van der Waals surface area contributed by atoms with Gasteiger partial charge < -0.3 is 5.32 Å². The van der Waals surface area contributed by atoms with Gasteiger partial charge in [0, 0.05) is 12.2 Å². The van der Waals surface area contributed by atoms with Crippen LogP contribution in [-0.2, 0) is 0 Å². The van der Waals surface area contributed by atoms with Gasteiger partial charge in [0.1, 0.15) is 0 Å². The predicted molar refractivity (Wildman–Crippen MR) is 68.7 cm³/mol. The number of hydrogen-bond donors (Lipinski definition) is 1. The average molecular weight is 231 g/mol. The molecule has 1 saturated heterocycles. The molecule has 2 unspecified atom stereocenters. The van der Waals surface area contributed by atoms with E-state index in [1.807, 2.05) is 12.3 Å². The molecule has 1 aliphatic heterocycles. The molecule has 92 valence electrons. The van der Waals surface area contributed by atoms with Crippen molar-refractivity contribution in [2.24, 2.45) is 5.92 Å². The Kier molecular flexibility index (Phi) is 3.12. The Bertz CT molecular complexity index is 361. The van der Waals surface area contributed by atoms with Crippen LogP contribution in [0.5, 0.6) is 0 Å². The summed E-state index contributed by atoms with van der Waals surface area (Å²) < 4.78 is 0. The predicted octanol–water partition coefficient (Wildman–Crippen LogP) is 1.83. The van der Waals surface area contributed by atoms with Crippen LogP contribution in [0, 0.1) is 5.92 Å². The number of hydrogen-bond acceptors (Lipinski definition) is 3. The summed E-state index contributed by atoms with van der Waals surface area (Å²) in [4.78, 5) is 7.27. The Morgan fingerprint density at radius 3 is 2.88 bits per heavy atom. The second kappa shape index (κ2) is 4.75. The van der Waals surface area contributed by atoms with Gasteiger partial charge in [-0.15, -0.1) is 0 Å². The summed E-state index contributed by atoms with van der Waals surface area (Å²) in [5.74, 6) is 0.718. The van der Waals surface area contributed by atoms with Crippen LogP contribution in [0.4, 0.5) is 0 Å². The quantitative estimate of drug-likeness (QED) is 0.857. The van der Waals surface area contributed by atoms with Crippen LogP contribution >= 0.6 is 0 Å². The van der Waals surface area contributed by atoms with E-state index in [2.05, 4.69) is 34.4 Å². The molecule has 1 aromatic rings. The van der Waals surface area contributed by atoms with Crippen LogP contribution in [0.15, 0.2) is 24.4 Å². The van der Waals surface area contributed by atoms with Crippen molar-refractivity contribution in [2.45, 2.75) is 31.3 Å². The molecule has 1 aliphatic carbocycles. The summed E-state index contributed by atoms with van der Waals surface area (Å²) in [6.07, 6.45) is 6.00. The van der Waals surface area contributed by atoms with Gasteiger partial charge >= 0.3 is 0 Å². The van der Waals surface area contributed by atoms with E-state index in [4.69, 9.17) is 0 Å². The van der Waals surface area contributed by atoms with Crippen LogP contribution in [0.25, 0.3) is 0 Å². The molecule has 0 radical (unpaired) electrons. The van der Waals surface area contributed by atoms with Crippen molar-refractivity contribution in [2.75, 3.05) is 20.1 Å². The van der Waals surface area contributed by atoms with Crippen molar-refractivity contribution in [3.63, 3.8) is 0 Å². The Balaban J connectivity index is 1.84. The van der Waals surface area contributed by atoms with E-state index in [1.165, 1.54) is 31.5 Å². The van der Waals surface area contributed by atoms with E-state index in [-0.39, 0.29) is 0 Å². The molecule has 2 heterocycles. The van der Waals surface area contributed by atoms with Crippen molar-refractivity contribution in [1.29, 1.82) is 0 Å². The normalized spacial score (nSPS) is 29.7. The van der Waals surface area contributed by atoms with E-state index in [9.17, 15) is 0 Å². The first-order valence-corrected chi connectivity index (χ1v) is 6.71. The third-order valence-electron chi connectivity index (χ3n) is 4.03. The molecule has 1 N–H and O–H groups in total. The molecule has 2 atom stereocenters. The SMILES string of the molecule is CNCC1CCN(C2CC2)C1c1ccccn1. The lowest BCUT2D eigenvalue weighted by atomic mass is 9.97. The lowest BCUT2D eigenvalue weighted by molar-refractivity contribution is 0.213. The number of likely N-dealkylation sites (tertiary alicyclic amines) is 1. The van der Waals surface area contributed by atoms with Crippen LogP contribution in [-0.4, -0.2) is 36.1 Å². The zero-order valence-corrected chi connectivity index (χ0v) is 10.5. The van der Waals surface area contributed by atoms with Gasteiger partial charge in [0.2, 0.25) is 0 Å². The van der Waals surface area contributed by atoms with Gasteiger partial charge in [0.15, 0.2) is 0 Å². The fourth-order valence-electron chi connectivity index (χ4n) is 3.14. The van der Waals surface area contributed by atoms with Crippen molar-refractivity contribution in [3.05, 3.63) is 30.1 Å². The first kappa shape index (κ1) is 11.2. The largest absolute Gasteiger partial charge is 0.319 e. The Hall–Kier alpha value is -0.930. The number of nitrogens with one attached hydrogen (secondary N) is 1. The molecule has 3 nitrogen and oxygen atoms in total. The Labute approximate surface area is 103 Å². The molecule has 2 fully saturated rings. The summed E-state index contributed by atoms with van der Waals surface area (Å²) >= 11 is 0. The molecular weight excluding hydrogens is 210 g/mol. The highest BCUT2D eigenvalue weighted by molar-refractivity contribution is 5.14. The van der Waals surface area contributed by atoms with Gasteiger partial charge in [-0.05, 0) is 57.5 Å². The van der Waals surface area contributed by atoms with Crippen LogP contribution in [0.3, 0.4) is 0 Å². The molecule has 0 aromatic carbocycles. The first-order chi connectivity index (χ1) is 8.40. The summed E-state index contributed by atoms with van der Waals surface area (Å²) in [6, 6.07) is 7.68. The Morgan fingerprint density at radius 1 is 1.35 bits per heavy atom. The van der Waals surface area contributed by atoms with Crippen molar-refractivity contribution in [1.82, 2.24) is 15.2 Å². The van der Waals surface area contributed by atoms with Crippen LogP contribution < -0.4 is 5.32 Å². The van der Waals surface area contributed by atoms with Crippen molar-refractivity contribution >= 4 is 0 Å². The molecule has 3 rings (SSSR count). The average Bonchev–Trinajstić information content (AvgIpc) is 3.13. The monoisotopic (exact) mass is 231 g/mol. The van der Waals surface area contributed by atoms with E-state index >= 15 is 0 Å². The summed E-state index contributed by atoms with van der Waals surface area (Å²) in [5, 5.41) is 3.33. The molecule has 17 heavy (non-hydrogen) atoms. The zero-order valence-electron chi connectivity index (χ0n) is 10.5. The van der Waals surface area contributed by atoms with Crippen molar-refractivity contribution in [3.8, 4) is 0 Å². The van der Waals surface area contributed by atoms with Crippen LogP contribution in [0.2, 0.25) is 0 Å².